The molecule has 0 radical (unpaired) electrons. The summed E-state index contributed by atoms with van der Waals surface area (Å²) in [4.78, 5) is 49.8. The zero-order valence-corrected chi connectivity index (χ0v) is 23.2. The van der Waals surface area contributed by atoms with E-state index in [-0.39, 0.29) is 12.8 Å². The van der Waals surface area contributed by atoms with E-state index < -0.39 is 81.5 Å². The van der Waals surface area contributed by atoms with E-state index >= 15 is 0 Å². The van der Waals surface area contributed by atoms with E-state index in [1.807, 2.05) is 0 Å². The van der Waals surface area contributed by atoms with E-state index in [2.05, 4.69) is 4.74 Å². The SMILES string of the molecule is CCC(=O)OC1C2CC3C(C(=O)N(C(C)=O)C31)C2C(=O)O[CH-]C(F)(F)S(=O)(=O)[O-].[Rf]. The molecule has 2 aliphatic carbocycles. The van der Waals surface area contributed by atoms with E-state index in [4.69, 9.17) is 4.74 Å². The van der Waals surface area contributed by atoms with E-state index in [1.165, 1.54) is 6.92 Å². The van der Waals surface area contributed by atoms with Crippen LogP contribution in [-0.2, 0) is 38.8 Å². The van der Waals surface area contributed by atoms with Gasteiger partial charge in [-0.05, 0) is 12.3 Å². The second kappa shape index (κ2) is 7.27. The number of halogens is 2. The summed E-state index contributed by atoms with van der Waals surface area (Å²) in [5, 5.41) is -4.96. The van der Waals surface area contributed by atoms with Gasteiger partial charge in [-0.15, -0.1) is 0 Å². The Labute approximate surface area is 164 Å². The number of carbonyl (C=O) groups excluding carboxylic acids is 4. The maximum Gasteiger partial charge on any atom is 0.305 e. The van der Waals surface area contributed by atoms with Gasteiger partial charge in [-0.2, -0.15) is 0 Å². The number of nitrogens with zero attached hydrogens (tertiary/aromatic N) is 1. The molecule has 3 fully saturated rings. The minimum absolute atomic E-state index is 0. The molecule has 2 saturated carbocycles. The molecule has 0 aromatic carbocycles. The number of esters is 2. The molecule has 0 N–H and O–H groups in total. The van der Waals surface area contributed by atoms with Crippen molar-refractivity contribution >= 4 is 33.9 Å². The molecule has 2 amide bonds. The van der Waals surface area contributed by atoms with Gasteiger partial charge in [-0.1, -0.05) is 13.5 Å². The molecule has 6 atom stereocenters. The minimum Gasteiger partial charge on any atom is -0.746 e. The number of amides is 2. The first-order chi connectivity index (χ1) is 13.3. The molecular weight excluding hydrogens is 687 g/mol. The number of carbonyl (C=O) groups is 4. The smallest absolute Gasteiger partial charge is 0.305 e. The Morgan fingerprint density at radius 2 is 1.90 bits per heavy atom. The standard InChI is InChI=1S/C16H18F2NO9S.Rf/c1-3-9(21)28-13-8-4-7-10(14(22)19(6(2)20)12(7)13)11(8)15(23)27-5-16(17,18)29(24,25)26;/h5,7-8,10-13H,3-4H2,1-2H3,(H,24,25,26);/q-1;/p-1. The summed E-state index contributed by atoms with van der Waals surface area (Å²) in [6, 6.07) is -0.762. The average molecular weight is 704 g/mol. The van der Waals surface area contributed by atoms with Crippen molar-refractivity contribution in [3.05, 3.63) is 6.61 Å². The summed E-state index contributed by atoms with van der Waals surface area (Å²) in [6.45, 7) is 1.97. The van der Waals surface area contributed by atoms with E-state index in [1.54, 1.807) is 0 Å². The summed E-state index contributed by atoms with van der Waals surface area (Å²) in [6.07, 6.45) is -0.808. The van der Waals surface area contributed by atoms with Crippen molar-refractivity contribution in [2.75, 3.05) is 0 Å². The van der Waals surface area contributed by atoms with Gasteiger partial charge in [0.15, 0.2) is 0 Å². The fourth-order valence-corrected chi connectivity index (χ4v) is 4.82. The number of imide groups is 1. The van der Waals surface area contributed by atoms with Crippen molar-refractivity contribution in [1.29, 1.82) is 0 Å². The average Bonchev–Trinajstić information content (AvgIpc) is 3.21. The van der Waals surface area contributed by atoms with Crippen molar-refractivity contribution < 1.29 is 50.4 Å². The molecule has 2 bridgehead atoms. The summed E-state index contributed by atoms with van der Waals surface area (Å²) < 4.78 is 67.7. The van der Waals surface area contributed by atoms with Gasteiger partial charge >= 0.3 is 5.97 Å². The maximum absolute atomic E-state index is 13.3. The van der Waals surface area contributed by atoms with E-state index in [0.29, 0.717) is 0 Å². The first-order valence-corrected chi connectivity index (χ1v) is 10.1. The summed E-state index contributed by atoms with van der Waals surface area (Å²) in [5.41, 5.74) is 0. The Kier molecular flexibility index (Phi) is 5.61. The number of alkyl halides is 2. The Balaban J connectivity index is 0.00000320. The predicted octanol–water partition coefficient (Wildman–Crippen LogP) is -0.209. The topological polar surface area (TPSA) is 147 Å². The predicted molar refractivity (Wildman–Crippen MR) is 85.1 cm³/mol. The van der Waals surface area contributed by atoms with Gasteiger partial charge in [0.05, 0.1) is 17.9 Å². The van der Waals surface area contributed by atoms with E-state index in [9.17, 15) is 40.9 Å². The third kappa shape index (κ3) is 3.26. The molecule has 0 spiro atoms. The second-order valence-electron chi connectivity index (χ2n) is 7.21. The van der Waals surface area contributed by atoms with Crippen LogP contribution in [0.4, 0.5) is 8.78 Å². The molecule has 1 aliphatic heterocycles. The van der Waals surface area contributed by atoms with Gasteiger partial charge in [0.25, 0.3) is 11.2 Å². The van der Waals surface area contributed by atoms with Crippen LogP contribution in [0.25, 0.3) is 0 Å². The first kappa shape index (κ1) is 23.1. The van der Waals surface area contributed by atoms with Crippen LogP contribution in [0, 0.1) is 30.3 Å². The zero-order chi connectivity index (χ0) is 21.9. The van der Waals surface area contributed by atoms with Crippen LogP contribution in [0.2, 0.25) is 0 Å². The molecule has 14 heteroatoms. The Morgan fingerprint density at radius 3 is 2.40 bits per heavy atom. The number of rotatable bonds is 6. The quantitative estimate of drug-likeness (QED) is 0.208. The summed E-state index contributed by atoms with van der Waals surface area (Å²) in [7, 11) is -6.11. The third-order valence-electron chi connectivity index (χ3n) is 5.68. The van der Waals surface area contributed by atoms with Crippen molar-refractivity contribution in [2.45, 2.75) is 44.1 Å². The third-order valence-corrected chi connectivity index (χ3v) is 6.45. The normalized spacial score (nSPS) is 32.0. The number of hydrogen-bond acceptors (Lipinski definition) is 9. The fraction of sp³-hybridized carbons (Fsp3) is 0.688. The van der Waals surface area contributed by atoms with Crippen LogP contribution in [0.5, 0.6) is 0 Å². The first-order valence-electron chi connectivity index (χ1n) is 8.73. The molecule has 30 heavy (non-hydrogen) atoms. The van der Waals surface area contributed by atoms with Crippen molar-refractivity contribution in [2.24, 2.45) is 23.7 Å². The number of likely N-dealkylation sites (tertiary alicyclic amines) is 1. The second-order valence-corrected chi connectivity index (χ2v) is 8.66. The van der Waals surface area contributed by atoms with Crippen LogP contribution in [0.15, 0.2) is 0 Å². The van der Waals surface area contributed by atoms with Crippen molar-refractivity contribution in [3.8, 4) is 0 Å². The molecule has 164 valence electrons. The van der Waals surface area contributed by atoms with Crippen LogP contribution in [-0.4, -0.2) is 59.0 Å². The number of ether oxygens (including phenoxy) is 2. The molecule has 3 rings (SSSR count). The van der Waals surface area contributed by atoms with E-state index in [0.717, 1.165) is 11.8 Å². The largest absolute Gasteiger partial charge is 0.746 e. The maximum atomic E-state index is 13.3. The molecule has 0 aromatic rings. The van der Waals surface area contributed by atoms with Gasteiger partial charge in [0.2, 0.25) is 11.8 Å². The minimum atomic E-state index is -6.11. The van der Waals surface area contributed by atoms with Gasteiger partial charge < -0.3 is 14.0 Å². The van der Waals surface area contributed by atoms with Crippen LogP contribution in [0.1, 0.15) is 26.7 Å². The number of hydrogen-bond donors (Lipinski definition) is 0. The van der Waals surface area contributed by atoms with Crippen LogP contribution >= 0.6 is 0 Å². The van der Waals surface area contributed by atoms with Gasteiger partial charge in [0.1, 0.15) is 16.2 Å². The Hall–Kier alpha value is -3.15. The fourth-order valence-electron chi connectivity index (χ4n) is 4.65. The monoisotopic (exact) mass is 704 g/mol. The molecule has 0 aromatic heterocycles. The molecule has 1 heterocycles. The summed E-state index contributed by atoms with van der Waals surface area (Å²) in [5.74, 6) is -7.02. The van der Waals surface area contributed by atoms with Crippen LogP contribution < -0.4 is 0 Å². The molecule has 10 nitrogen and oxygen atoms in total. The van der Waals surface area contributed by atoms with Crippen LogP contribution in [0.3, 0.4) is 0 Å². The zero-order valence-electron chi connectivity index (χ0n) is 15.9. The van der Waals surface area contributed by atoms with Gasteiger partial charge in [0, 0.05) is 19.3 Å². The molecule has 6 unspecified atom stereocenters. The van der Waals surface area contributed by atoms with Gasteiger partial charge in [-0.3, -0.25) is 24.1 Å². The van der Waals surface area contributed by atoms with Crippen molar-refractivity contribution in [3.63, 3.8) is 0 Å². The van der Waals surface area contributed by atoms with Crippen molar-refractivity contribution in [1.82, 2.24) is 4.90 Å². The van der Waals surface area contributed by atoms with Gasteiger partial charge in [-0.25, -0.2) is 17.2 Å². The number of fused-ring (bicyclic) bond motifs is 1. The Morgan fingerprint density at radius 1 is 1.30 bits per heavy atom. The molecule has 3 aliphatic rings. The molecular formula is C16H17F2NO9RfS-2. The molecule has 1 saturated heterocycles. The Bertz CT molecular complexity index is 880. The summed E-state index contributed by atoms with van der Waals surface area (Å²) >= 11 is 0.